The van der Waals surface area contributed by atoms with Crippen LogP contribution < -0.4 is 5.73 Å². The maximum absolute atomic E-state index is 8.97. The Balaban J connectivity index is 1.92. The molecule has 0 saturated heterocycles. The molecule has 5 heteroatoms. The fourth-order valence-electron chi connectivity index (χ4n) is 2.57. The summed E-state index contributed by atoms with van der Waals surface area (Å²) in [5.74, 6) is 0.265. The third-order valence-corrected chi connectivity index (χ3v) is 3.64. The Morgan fingerprint density at radius 3 is 2.89 bits per heavy atom. The van der Waals surface area contributed by atoms with Crippen LogP contribution in [0.15, 0.2) is 24.5 Å². The van der Waals surface area contributed by atoms with E-state index in [0.717, 1.165) is 11.3 Å². The minimum absolute atomic E-state index is 0.265. The molecule has 3 rings (SSSR count). The molecule has 1 fully saturated rings. The second-order valence-electron chi connectivity index (χ2n) is 4.89. The van der Waals surface area contributed by atoms with Gasteiger partial charge in [-0.25, -0.2) is 4.98 Å². The Morgan fingerprint density at radius 1 is 1.37 bits per heavy atom. The highest BCUT2D eigenvalue weighted by Gasteiger charge is 2.18. The van der Waals surface area contributed by atoms with Gasteiger partial charge in [0.2, 0.25) is 0 Å². The average Bonchev–Trinajstić information content (AvgIpc) is 3.10. The minimum atomic E-state index is 0.265. The number of hydrogen-bond donors (Lipinski definition) is 1. The van der Waals surface area contributed by atoms with Gasteiger partial charge >= 0.3 is 0 Å². The number of nitriles is 1. The van der Waals surface area contributed by atoms with Crippen molar-refractivity contribution in [3.63, 3.8) is 0 Å². The topological polar surface area (TPSA) is 80.5 Å². The van der Waals surface area contributed by atoms with E-state index in [1.807, 2.05) is 23.0 Å². The summed E-state index contributed by atoms with van der Waals surface area (Å²) in [5.41, 5.74) is 7.70. The molecule has 96 valence electrons. The fraction of sp³-hybridized carbons (Fsp3) is 0.357. The molecular formula is C14H15N5. The Hall–Kier alpha value is -2.35. The molecule has 0 atom stereocenters. The van der Waals surface area contributed by atoms with Crippen LogP contribution in [0.3, 0.4) is 0 Å². The molecule has 19 heavy (non-hydrogen) atoms. The first-order valence-electron chi connectivity index (χ1n) is 6.49. The van der Waals surface area contributed by atoms with Crippen molar-refractivity contribution in [3.05, 3.63) is 30.1 Å². The number of nitrogen functional groups attached to an aromatic ring is 1. The van der Waals surface area contributed by atoms with E-state index in [4.69, 9.17) is 11.0 Å². The van der Waals surface area contributed by atoms with Gasteiger partial charge < -0.3 is 5.73 Å². The number of nitrogens with two attached hydrogens (primary N) is 1. The lowest BCUT2D eigenvalue weighted by molar-refractivity contribution is 0.468. The van der Waals surface area contributed by atoms with Gasteiger partial charge in [-0.2, -0.15) is 10.4 Å². The van der Waals surface area contributed by atoms with E-state index in [1.165, 1.54) is 25.7 Å². The molecule has 5 nitrogen and oxygen atoms in total. The summed E-state index contributed by atoms with van der Waals surface area (Å²) in [4.78, 5) is 4.04. The van der Waals surface area contributed by atoms with Crippen LogP contribution in [0.5, 0.6) is 0 Å². The third kappa shape index (κ3) is 2.17. The first-order valence-corrected chi connectivity index (χ1v) is 6.49. The van der Waals surface area contributed by atoms with Gasteiger partial charge in [0.1, 0.15) is 11.9 Å². The molecule has 0 spiro atoms. The molecular weight excluding hydrogens is 238 g/mol. The zero-order valence-corrected chi connectivity index (χ0v) is 10.6. The SMILES string of the molecule is N#Cc1cc(-c2ccn(C3CCCC3)n2)cnc1N. The van der Waals surface area contributed by atoms with Crippen LogP contribution in [-0.2, 0) is 0 Å². The summed E-state index contributed by atoms with van der Waals surface area (Å²) in [6, 6.07) is 6.27. The zero-order chi connectivity index (χ0) is 13.2. The average molecular weight is 253 g/mol. The summed E-state index contributed by atoms with van der Waals surface area (Å²) < 4.78 is 2.03. The standard InChI is InChI=1S/C14H15N5/c15-8-10-7-11(9-17-14(10)16)13-5-6-19(18-13)12-3-1-2-4-12/h5-7,9,12H,1-4H2,(H2,16,17). The van der Waals surface area contributed by atoms with Crippen molar-refractivity contribution in [1.29, 1.82) is 5.26 Å². The van der Waals surface area contributed by atoms with Crippen LogP contribution in [0, 0.1) is 11.3 Å². The van der Waals surface area contributed by atoms with E-state index in [2.05, 4.69) is 10.1 Å². The second kappa shape index (κ2) is 4.73. The van der Waals surface area contributed by atoms with Gasteiger partial charge in [0.05, 0.1) is 17.3 Å². The molecule has 1 aliphatic carbocycles. The number of hydrogen-bond acceptors (Lipinski definition) is 4. The highest BCUT2D eigenvalue weighted by molar-refractivity contribution is 5.63. The predicted molar refractivity (Wildman–Crippen MR) is 72.1 cm³/mol. The molecule has 0 radical (unpaired) electrons. The second-order valence-corrected chi connectivity index (χ2v) is 4.89. The van der Waals surface area contributed by atoms with Gasteiger partial charge in [-0.05, 0) is 25.0 Å². The van der Waals surface area contributed by atoms with Crippen LogP contribution in [0.1, 0.15) is 37.3 Å². The molecule has 1 saturated carbocycles. The van der Waals surface area contributed by atoms with Crippen LogP contribution in [0.4, 0.5) is 5.82 Å². The van der Waals surface area contributed by atoms with E-state index in [-0.39, 0.29) is 5.82 Å². The maximum Gasteiger partial charge on any atom is 0.141 e. The Bertz CT molecular complexity index is 632. The van der Waals surface area contributed by atoms with E-state index >= 15 is 0 Å². The number of aromatic nitrogens is 3. The number of pyridine rings is 1. The Labute approximate surface area is 111 Å². The van der Waals surface area contributed by atoms with E-state index in [1.54, 1.807) is 12.3 Å². The summed E-state index contributed by atoms with van der Waals surface area (Å²) in [6.07, 6.45) is 8.63. The highest BCUT2D eigenvalue weighted by Crippen LogP contribution is 2.30. The van der Waals surface area contributed by atoms with Crippen molar-refractivity contribution in [2.75, 3.05) is 5.73 Å². The number of anilines is 1. The van der Waals surface area contributed by atoms with Crippen LogP contribution in [-0.4, -0.2) is 14.8 Å². The first-order chi connectivity index (χ1) is 9.28. The van der Waals surface area contributed by atoms with Gasteiger partial charge in [-0.15, -0.1) is 0 Å². The fourth-order valence-corrected chi connectivity index (χ4v) is 2.57. The van der Waals surface area contributed by atoms with Crippen LogP contribution in [0.25, 0.3) is 11.3 Å². The third-order valence-electron chi connectivity index (χ3n) is 3.64. The molecule has 0 amide bonds. The maximum atomic E-state index is 8.97. The lowest BCUT2D eigenvalue weighted by Crippen LogP contribution is -2.05. The summed E-state index contributed by atoms with van der Waals surface area (Å²) in [6.45, 7) is 0. The molecule has 0 unspecified atom stereocenters. The Kier molecular flexibility index (Phi) is 2.92. The molecule has 0 aromatic carbocycles. The minimum Gasteiger partial charge on any atom is -0.383 e. The summed E-state index contributed by atoms with van der Waals surface area (Å²) >= 11 is 0. The van der Waals surface area contributed by atoms with Crippen molar-refractivity contribution >= 4 is 5.82 Å². The zero-order valence-electron chi connectivity index (χ0n) is 10.6. The monoisotopic (exact) mass is 253 g/mol. The lowest BCUT2D eigenvalue weighted by Gasteiger charge is -2.08. The smallest absolute Gasteiger partial charge is 0.141 e. The van der Waals surface area contributed by atoms with Gasteiger partial charge in [0, 0.05) is 18.0 Å². The lowest BCUT2D eigenvalue weighted by atomic mass is 10.1. The molecule has 2 N–H and O–H groups in total. The summed E-state index contributed by atoms with van der Waals surface area (Å²) in [5, 5.41) is 13.6. The van der Waals surface area contributed by atoms with Gasteiger partial charge in [0.15, 0.2) is 0 Å². The number of nitrogens with zero attached hydrogens (tertiary/aromatic N) is 4. The van der Waals surface area contributed by atoms with Crippen molar-refractivity contribution < 1.29 is 0 Å². The van der Waals surface area contributed by atoms with Crippen molar-refractivity contribution in [1.82, 2.24) is 14.8 Å². The molecule has 2 aromatic heterocycles. The highest BCUT2D eigenvalue weighted by atomic mass is 15.3. The van der Waals surface area contributed by atoms with Crippen molar-refractivity contribution in [3.8, 4) is 17.3 Å². The normalized spacial score (nSPS) is 15.5. The Morgan fingerprint density at radius 2 is 2.16 bits per heavy atom. The van der Waals surface area contributed by atoms with Gasteiger partial charge in [-0.1, -0.05) is 12.8 Å². The van der Waals surface area contributed by atoms with E-state index < -0.39 is 0 Å². The quantitative estimate of drug-likeness (QED) is 0.891. The van der Waals surface area contributed by atoms with Crippen molar-refractivity contribution in [2.24, 2.45) is 0 Å². The summed E-state index contributed by atoms with van der Waals surface area (Å²) in [7, 11) is 0. The molecule has 1 aliphatic rings. The molecule has 2 aromatic rings. The van der Waals surface area contributed by atoms with Gasteiger partial charge in [-0.3, -0.25) is 4.68 Å². The molecule has 0 bridgehead atoms. The van der Waals surface area contributed by atoms with Crippen LogP contribution >= 0.6 is 0 Å². The molecule has 0 aliphatic heterocycles. The molecule has 2 heterocycles. The van der Waals surface area contributed by atoms with Crippen molar-refractivity contribution in [2.45, 2.75) is 31.7 Å². The van der Waals surface area contributed by atoms with Crippen LogP contribution in [0.2, 0.25) is 0 Å². The largest absolute Gasteiger partial charge is 0.383 e. The number of rotatable bonds is 2. The van der Waals surface area contributed by atoms with E-state index in [0.29, 0.717) is 11.6 Å². The predicted octanol–water partition coefficient (Wildman–Crippen LogP) is 2.51. The van der Waals surface area contributed by atoms with E-state index in [9.17, 15) is 0 Å². The van der Waals surface area contributed by atoms with Gasteiger partial charge in [0.25, 0.3) is 0 Å². The first kappa shape index (κ1) is 11.7.